The second-order valence-electron chi connectivity index (χ2n) is 3.29. The highest BCUT2D eigenvalue weighted by Crippen LogP contribution is 2.00. The van der Waals surface area contributed by atoms with E-state index >= 15 is 0 Å². The Balaban J connectivity index is 2.15. The lowest BCUT2D eigenvalue weighted by Gasteiger charge is -2.01. The summed E-state index contributed by atoms with van der Waals surface area (Å²) < 4.78 is 6.39. The molecule has 0 saturated heterocycles. The van der Waals surface area contributed by atoms with Gasteiger partial charge in [-0.15, -0.1) is 5.10 Å². The molecule has 1 aromatic rings. The average Bonchev–Trinajstić information content (AvgIpc) is 2.73. The number of esters is 1. The van der Waals surface area contributed by atoms with Crippen LogP contribution >= 0.6 is 0 Å². The van der Waals surface area contributed by atoms with Gasteiger partial charge >= 0.3 is 5.97 Å². The Morgan fingerprint density at radius 3 is 3.00 bits per heavy atom. The van der Waals surface area contributed by atoms with E-state index in [1.165, 1.54) is 0 Å². The zero-order valence-electron chi connectivity index (χ0n) is 9.26. The van der Waals surface area contributed by atoms with Crippen LogP contribution in [0.25, 0.3) is 0 Å². The summed E-state index contributed by atoms with van der Waals surface area (Å²) in [5.41, 5.74) is 0.324. The van der Waals surface area contributed by atoms with Gasteiger partial charge in [0.15, 0.2) is 6.29 Å². The Hall–Kier alpha value is -1.72. The third-order valence-corrected chi connectivity index (χ3v) is 2.00. The van der Waals surface area contributed by atoms with E-state index in [9.17, 15) is 9.59 Å². The van der Waals surface area contributed by atoms with Gasteiger partial charge in [0, 0.05) is 13.0 Å². The summed E-state index contributed by atoms with van der Waals surface area (Å²) >= 11 is 0. The lowest BCUT2D eigenvalue weighted by molar-refractivity contribution is -0.143. The van der Waals surface area contributed by atoms with Crippen molar-refractivity contribution in [2.24, 2.45) is 0 Å². The maximum atomic E-state index is 11.0. The first-order valence-electron chi connectivity index (χ1n) is 5.27. The molecule has 0 radical (unpaired) electrons. The van der Waals surface area contributed by atoms with Crippen molar-refractivity contribution in [1.29, 1.82) is 0 Å². The summed E-state index contributed by atoms with van der Waals surface area (Å²) in [6.45, 7) is 2.86. The monoisotopic (exact) mass is 225 g/mol. The second kappa shape index (κ2) is 6.71. The van der Waals surface area contributed by atoms with Crippen molar-refractivity contribution in [3.63, 3.8) is 0 Å². The zero-order chi connectivity index (χ0) is 11.8. The molecule has 0 atom stereocenters. The Morgan fingerprint density at radius 1 is 1.56 bits per heavy atom. The molecule has 1 rings (SSSR count). The fourth-order valence-electron chi connectivity index (χ4n) is 1.25. The van der Waals surface area contributed by atoms with Crippen molar-refractivity contribution < 1.29 is 14.3 Å². The van der Waals surface area contributed by atoms with Crippen LogP contribution in [0.3, 0.4) is 0 Å². The van der Waals surface area contributed by atoms with Gasteiger partial charge in [-0.05, 0) is 19.8 Å². The fraction of sp³-hybridized carbons (Fsp3) is 0.600. The van der Waals surface area contributed by atoms with Crippen LogP contribution in [0.15, 0.2) is 6.20 Å². The first-order chi connectivity index (χ1) is 7.76. The summed E-state index contributed by atoms with van der Waals surface area (Å²) in [4.78, 5) is 21.3. The number of rotatable bonds is 7. The quantitative estimate of drug-likeness (QED) is 0.390. The molecule has 0 aromatic carbocycles. The summed E-state index contributed by atoms with van der Waals surface area (Å²) in [7, 11) is 0. The number of aryl methyl sites for hydroxylation is 1. The molecule has 6 heteroatoms. The lowest BCUT2D eigenvalue weighted by Crippen LogP contribution is -2.05. The molecular formula is C10H15N3O3. The van der Waals surface area contributed by atoms with Crippen molar-refractivity contribution in [3.05, 3.63) is 11.9 Å². The standard InChI is InChI=1S/C10H15N3O3/c1-2-16-10(15)5-3-4-6-13-7-9(8-14)11-12-13/h7-8H,2-6H2,1H3. The molecule has 88 valence electrons. The van der Waals surface area contributed by atoms with E-state index in [-0.39, 0.29) is 5.97 Å². The molecule has 0 fully saturated rings. The molecule has 0 amide bonds. The van der Waals surface area contributed by atoms with Gasteiger partial charge in [0.25, 0.3) is 0 Å². The minimum atomic E-state index is -0.172. The molecule has 16 heavy (non-hydrogen) atoms. The number of nitrogens with zero attached hydrogens (tertiary/aromatic N) is 3. The van der Waals surface area contributed by atoms with Gasteiger partial charge < -0.3 is 4.74 Å². The van der Waals surface area contributed by atoms with Crippen molar-refractivity contribution in [3.8, 4) is 0 Å². The van der Waals surface area contributed by atoms with E-state index in [4.69, 9.17) is 4.74 Å². The van der Waals surface area contributed by atoms with Crippen LogP contribution in [0, 0.1) is 0 Å². The minimum absolute atomic E-state index is 0.172. The molecule has 0 N–H and O–H groups in total. The van der Waals surface area contributed by atoms with E-state index in [0.717, 1.165) is 12.8 Å². The van der Waals surface area contributed by atoms with E-state index in [2.05, 4.69) is 10.3 Å². The summed E-state index contributed by atoms with van der Waals surface area (Å²) in [5, 5.41) is 7.39. The number of aldehydes is 1. The number of hydrogen-bond donors (Lipinski definition) is 0. The lowest BCUT2D eigenvalue weighted by atomic mass is 10.2. The summed E-state index contributed by atoms with van der Waals surface area (Å²) in [6.07, 6.45) is 4.21. The van der Waals surface area contributed by atoms with Crippen molar-refractivity contribution >= 4 is 12.3 Å². The van der Waals surface area contributed by atoms with Gasteiger partial charge in [-0.2, -0.15) is 0 Å². The smallest absolute Gasteiger partial charge is 0.305 e. The number of carbonyl (C=O) groups excluding carboxylic acids is 2. The second-order valence-corrected chi connectivity index (χ2v) is 3.29. The molecule has 0 bridgehead atoms. The first kappa shape index (κ1) is 12.4. The SMILES string of the molecule is CCOC(=O)CCCCn1cc(C=O)nn1. The van der Waals surface area contributed by atoms with Crippen LogP contribution in [0.4, 0.5) is 0 Å². The van der Waals surface area contributed by atoms with Gasteiger partial charge in [0.2, 0.25) is 0 Å². The number of hydrogen-bond acceptors (Lipinski definition) is 5. The van der Waals surface area contributed by atoms with Gasteiger partial charge in [0.05, 0.1) is 12.8 Å². The van der Waals surface area contributed by atoms with Crippen LogP contribution < -0.4 is 0 Å². The Labute approximate surface area is 93.6 Å². The van der Waals surface area contributed by atoms with E-state index in [1.54, 1.807) is 17.8 Å². The summed E-state index contributed by atoms with van der Waals surface area (Å²) in [5.74, 6) is -0.172. The Morgan fingerprint density at radius 2 is 2.38 bits per heavy atom. The molecular weight excluding hydrogens is 210 g/mol. The van der Waals surface area contributed by atoms with E-state index in [0.29, 0.717) is 31.6 Å². The zero-order valence-corrected chi connectivity index (χ0v) is 9.26. The highest BCUT2D eigenvalue weighted by atomic mass is 16.5. The fourth-order valence-corrected chi connectivity index (χ4v) is 1.25. The van der Waals surface area contributed by atoms with Crippen molar-refractivity contribution in [1.82, 2.24) is 15.0 Å². The Kier molecular flexibility index (Phi) is 5.18. The van der Waals surface area contributed by atoms with Crippen molar-refractivity contribution in [2.75, 3.05) is 6.61 Å². The normalized spacial score (nSPS) is 10.1. The van der Waals surface area contributed by atoms with Crippen LogP contribution in [-0.2, 0) is 16.1 Å². The van der Waals surface area contributed by atoms with E-state index < -0.39 is 0 Å². The minimum Gasteiger partial charge on any atom is -0.466 e. The molecule has 0 aliphatic carbocycles. The Bertz CT molecular complexity index is 349. The predicted octanol–water partition coefficient (Wildman–Crippen LogP) is 0.824. The number of ether oxygens (including phenoxy) is 1. The third-order valence-electron chi connectivity index (χ3n) is 2.00. The highest BCUT2D eigenvalue weighted by molar-refractivity contribution is 5.70. The molecule has 0 saturated carbocycles. The maximum absolute atomic E-state index is 11.0. The molecule has 1 heterocycles. The topological polar surface area (TPSA) is 74.1 Å². The molecule has 6 nitrogen and oxygen atoms in total. The predicted molar refractivity (Wildman–Crippen MR) is 55.9 cm³/mol. The third kappa shape index (κ3) is 4.20. The largest absolute Gasteiger partial charge is 0.466 e. The highest BCUT2D eigenvalue weighted by Gasteiger charge is 2.02. The molecule has 0 unspecified atom stereocenters. The maximum Gasteiger partial charge on any atom is 0.305 e. The first-order valence-corrected chi connectivity index (χ1v) is 5.27. The van der Waals surface area contributed by atoms with E-state index in [1.807, 2.05) is 0 Å². The molecule has 0 spiro atoms. The van der Waals surface area contributed by atoms with Crippen molar-refractivity contribution in [2.45, 2.75) is 32.7 Å². The molecule has 0 aliphatic heterocycles. The number of carbonyl (C=O) groups is 2. The summed E-state index contributed by atoms with van der Waals surface area (Å²) in [6, 6.07) is 0. The van der Waals surface area contributed by atoms with Gasteiger partial charge in [0.1, 0.15) is 5.69 Å². The van der Waals surface area contributed by atoms with Crippen LogP contribution in [0.2, 0.25) is 0 Å². The average molecular weight is 225 g/mol. The van der Waals surface area contributed by atoms with Gasteiger partial charge in [-0.25, -0.2) is 0 Å². The van der Waals surface area contributed by atoms with Gasteiger partial charge in [-0.1, -0.05) is 5.21 Å². The molecule has 1 aromatic heterocycles. The van der Waals surface area contributed by atoms with Crippen LogP contribution in [0.1, 0.15) is 36.7 Å². The van der Waals surface area contributed by atoms with Crippen LogP contribution in [0.5, 0.6) is 0 Å². The molecule has 0 aliphatic rings. The van der Waals surface area contributed by atoms with Gasteiger partial charge in [-0.3, -0.25) is 14.3 Å². The number of unbranched alkanes of at least 4 members (excludes halogenated alkanes) is 1. The number of aromatic nitrogens is 3. The van der Waals surface area contributed by atoms with Crippen LogP contribution in [-0.4, -0.2) is 33.9 Å².